The first-order chi connectivity index (χ1) is 18.0. The molecule has 3 aromatic carbocycles. The molecule has 0 saturated heterocycles. The number of aromatic nitrogens is 3. The molecule has 8 nitrogen and oxygen atoms in total. The molecule has 0 aliphatic rings. The highest BCUT2D eigenvalue weighted by Crippen LogP contribution is 2.29. The number of aliphatic carboxylic acids is 1. The van der Waals surface area contributed by atoms with Crippen LogP contribution in [0.25, 0.3) is 10.2 Å². The van der Waals surface area contributed by atoms with E-state index in [2.05, 4.69) is 38.8 Å². The molecule has 2 heterocycles. The third-order valence-electron chi connectivity index (χ3n) is 5.54. The third kappa shape index (κ3) is 6.25. The number of thiazole rings is 1. The lowest BCUT2D eigenvalue weighted by atomic mass is 10.1. The molecule has 0 radical (unpaired) electrons. The van der Waals surface area contributed by atoms with Gasteiger partial charge in [0.05, 0.1) is 34.8 Å². The van der Waals surface area contributed by atoms with Crippen molar-refractivity contribution in [3.05, 3.63) is 101 Å². The van der Waals surface area contributed by atoms with E-state index in [4.69, 9.17) is 15.4 Å². The number of carboxylic acid groups (broad SMARTS) is 1. The van der Waals surface area contributed by atoms with Gasteiger partial charge in [-0.2, -0.15) is 10.2 Å². The van der Waals surface area contributed by atoms with E-state index in [-0.39, 0.29) is 6.42 Å². The molecule has 37 heavy (non-hydrogen) atoms. The van der Waals surface area contributed by atoms with Gasteiger partial charge in [0.15, 0.2) is 5.13 Å². The zero-order valence-electron chi connectivity index (χ0n) is 19.7. The summed E-state index contributed by atoms with van der Waals surface area (Å²) in [5.41, 5.74) is 5.23. The van der Waals surface area contributed by atoms with E-state index in [1.165, 1.54) is 11.3 Å². The summed E-state index contributed by atoms with van der Waals surface area (Å²) in [5, 5.41) is 25.2. The molecule has 3 N–H and O–H groups in total. The molecule has 9 heteroatoms. The van der Waals surface area contributed by atoms with Gasteiger partial charge < -0.3 is 15.7 Å². The lowest BCUT2D eigenvalue weighted by Gasteiger charge is -2.11. The summed E-state index contributed by atoms with van der Waals surface area (Å²) < 4.78 is 0.994. The molecular weight excluding hydrogens is 484 g/mol. The van der Waals surface area contributed by atoms with Crippen molar-refractivity contribution in [2.24, 2.45) is 0 Å². The van der Waals surface area contributed by atoms with Crippen molar-refractivity contribution < 1.29 is 9.90 Å². The highest BCUT2D eigenvalue weighted by molar-refractivity contribution is 7.22. The van der Waals surface area contributed by atoms with Gasteiger partial charge in [-0.1, -0.05) is 59.9 Å². The Morgan fingerprint density at radius 3 is 2.43 bits per heavy atom. The number of rotatable bonds is 9. The molecule has 0 atom stereocenters. The van der Waals surface area contributed by atoms with Crippen molar-refractivity contribution in [1.82, 2.24) is 15.0 Å². The summed E-state index contributed by atoms with van der Waals surface area (Å²) >= 11 is 1.50. The molecule has 0 amide bonds. The van der Waals surface area contributed by atoms with Gasteiger partial charge in [0.1, 0.15) is 5.82 Å². The first kappa shape index (κ1) is 23.9. The zero-order chi connectivity index (χ0) is 25.6. The summed E-state index contributed by atoms with van der Waals surface area (Å²) in [6.45, 7) is 0. The Morgan fingerprint density at radius 2 is 1.68 bits per heavy atom. The maximum Gasteiger partial charge on any atom is 0.307 e. The van der Waals surface area contributed by atoms with Gasteiger partial charge in [0.25, 0.3) is 0 Å². The predicted molar refractivity (Wildman–Crippen MR) is 145 cm³/mol. The number of carboxylic acids is 1. The van der Waals surface area contributed by atoms with Gasteiger partial charge in [0, 0.05) is 18.2 Å². The number of carbonyl (C=O) groups is 1. The topological polar surface area (TPSA) is 124 Å². The second-order valence-corrected chi connectivity index (χ2v) is 9.43. The maximum absolute atomic E-state index is 11.0. The Kier molecular flexibility index (Phi) is 7.01. The van der Waals surface area contributed by atoms with Crippen LogP contribution in [0.1, 0.15) is 22.4 Å². The maximum atomic E-state index is 11.0. The Bertz CT molecular complexity index is 1590. The Balaban J connectivity index is 1.43. The van der Waals surface area contributed by atoms with Gasteiger partial charge in [-0.3, -0.25) is 4.79 Å². The second-order valence-electron chi connectivity index (χ2n) is 8.40. The minimum absolute atomic E-state index is 0.0302. The molecule has 5 aromatic rings. The molecule has 0 unspecified atom stereocenters. The quantitative estimate of drug-likeness (QED) is 0.227. The number of anilines is 4. The van der Waals surface area contributed by atoms with Gasteiger partial charge >= 0.3 is 5.97 Å². The van der Waals surface area contributed by atoms with E-state index < -0.39 is 5.97 Å². The van der Waals surface area contributed by atoms with Crippen molar-refractivity contribution >= 4 is 50.1 Å². The fraction of sp³-hybridized carbons (Fsp3) is 0.107. The molecule has 182 valence electrons. The van der Waals surface area contributed by atoms with Crippen LogP contribution in [0.15, 0.2) is 78.9 Å². The zero-order valence-corrected chi connectivity index (χ0v) is 20.5. The molecule has 0 bridgehead atoms. The number of nitriles is 1. The Hall–Kier alpha value is -4.81. The minimum atomic E-state index is -0.871. The van der Waals surface area contributed by atoms with Crippen LogP contribution in [0.4, 0.5) is 22.6 Å². The number of hydrogen-bond donors (Lipinski definition) is 3. The van der Waals surface area contributed by atoms with E-state index in [0.29, 0.717) is 35.3 Å². The molecule has 0 aliphatic heterocycles. The fourth-order valence-corrected chi connectivity index (χ4v) is 4.79. The highest BCUT2D eigenvalue weighted by atomic mass is 32.1. The van der Waals surface area contributed by atoms with Gasteiger partial charge in [-0.25, -0.2) is 9.97 Å². The minimum Gasteiger partial charge on any atom is -0.481 e. The molecule has 0 spiro atoms. The van der Waals surface area contributed by atoms with E-state index in [1.807, 2.05) is 54.6 Å². The standard InChI is InChI=1S/C28H22N6O2S/c29-13-12-20-8-11-23-24(15-20)37-28(32-23)34-25-17-22(14-18-4-2-1-3-5-18)31-27(33-25)30-21-9-6-19(7-10-21)16-26(35)36/h1-11,15,17H,12,14,16H2,(H,35,36)(H2,30,31,32,33,34). The van der Waals surface area contributed by atoms with Crippen molar-refractivity contribution in [2.75, 3.05) is 10.6 Å². The Labute approximate surface area is 217 Å². The number of nitrogens with zero attached hydrogens (tertiary/aromatic N) is 4. The van der Waals surface area contributed by atoms with Crippen LogP contribution in [0.5, 0.6) is 0 Å². The van der Waals surface area contributed by atoms with Crippen LogP contribution >= 0.6 is 11.3 Å². The van der Waals surface area contributed by atoms with E-state index >= 15 is 0 Å². The van der Waals surface area contributed by atoms with Crippen LogP contribution in [-0.2, 0) is 24.1 Å². The molecule has 0 aliphatic carbocycles. The van der Waals surface area contributed by atoms with Crippen LogP contribution < -0.4 is 10.6 Å². The fourth-order valence-electron chi connectivity index (χ4n) is 3.86. The van der Waals surface area contributed by atoms with Crippen LogP contribution in [-0.4, -0.2) is 26.0 Å². The van der Waals surface area contributed by atoms with E-state index in [0.717, 1.165) is 32.7 Å². The van der Waals surface area contributed by atoms with Crippen molar-refractivity contribution in [1.29, 1.82) is 5.26 Å². The third-order valence-corrected chi connectivity index (χ3v) is 6.48. The largest absolute Gasteiger partial charge is 0.481 e. The predicted octanol–water partition coefficient (Wildman–Crippen LogP) is 5.86. The normalized spacial score (nSPS) is 10.7. The van der Waals surface area contributed by atoms with Crippen LogP contribution in [0, 0.1) is 11.3 Å². The number of fused-ring (bicyclic) bond motifs is 1. The summed E-state index contributed by atoms with van der Waals surface area (Å²) in [6.07, 6.45) is 0.955. The van der Waals surface area contributed by atoms with Gasteiger partial charge in [-0.05, 0) is 41.0 Å². The summed E-state index contributed by atoms with van der Waals surface area (Å²) in [5.74, 6) is 0.145. The van der Waals surface area contributed by atoms with Crippen LogP contribution in [0.2, 0.25) is 0 Å². The lowest BCUT2D eigenvalue weighted by molar-refractivity contribution is -0.136. The van der Waals surface area contributed by atoms with E-state index in [1.54, 1.807) is 12.1 Å². The second kappa shape index (κ2) is 10.8. The molecular formula is C28H22N6O2S. The van der Waals surface area contributed by atoms with Crippen LogP contribution in [0.3, 0.4) is 0 Å². The highest BCUT2D eigenvalue weighted by Gasteiger charge is 2.11. The smallest absolute Gasteiger partial charge is 0.307 e. The first-order valence-corrected chi connectivity index (χ1v) is 12.4. The lowest BCUT2D eigenvalue weighted by Crippen LogP contribution is -2.05. The summed E-state index contributed by atoms with van der Waals surface area (Å²) in [7, 11) is 0. The molecule has 2 aromatic heterocycles. The molecule has 0 saturated carbocycles. The van der Waals surface area contributed by atoms with E-state index in [9.17, 15) is 4.79 Å². The van der Waals surface area contributed by atoms with Gasteiger partial charge in [0.2, 0.25) is 5.95 Å². The van der Waals surface area contributed by atoms with Crippen molar-refractivity contribution in [3.8, 4) is 6.07 Å². The SMILES string of the molecule is N#CCc1ccc2nc(Nc3cc(Cc4ccccc4)nc(Nc4ccc(CC(=O)O)cc4)n3)sc2c1. The van der Waals surface area contributed by atoms with Gasteiger partial charge in [-0.15, -0.1) is 0 Å². The average Bonchev–Trinajstić information content (AvgIpc) is 3.27. The average molecular weight is 507 g/mol. The number of benzene rings is 3. The first-order valence-electron chi connectivity index (χ1n) is 11.6. The monoisotopic (exact) mass is 506 g/mol. The van der Waals surface area contributed by atoms with Crippen molar-refractivity contribution in [2.45, 2.75) is 19.3 Å². The summed E-state index contributed by atoms with van der Waals surface area (Å²) in [4.78, 5) is 25.0. The molecule has 0 fully saturated rings. The number of nitrogens with one attached hydrogen (secondary N) is 2. The summed E-state index contributed by atoms with van der Waals surface area (Å²) in [6, 6.07) is 27.1. The number of hydrogen-bond acceptors (Lipinski definition) is 8. The van der Waals surface area contributed by atoms with Crippen molar-refractivity contribution in [3.63, 3.8) is 0 Å². The Morgan fingerprint density at radius 1 is 0.892 bits per heavy atom. The molecule has 5 rings (SSSR count).